The summed E-state index contributed by atoms with van der Waals surface area (Å²) in [5.74, 6) is -0.0703. The Morgan fingerprint density at radius 3 is 2.67 bits per heavy atom. The fraction of sp³-hybridized carbons (Fsp3) is 0.222. The van der Waals surface area contributed by atoms with Crippen molar-refractivity contribution in [3.05, 3.63) is 63.1 Å². The monoisotopic (exact) mass is 362 g/mol. The second kappa shape index (κ2) is 6.83. The molecule has 2 aromatic carbocycles. The van der Waals surface area contributed by atoms with Gasteiger partial charge in [-0.3, -0.25) is 9.59 Å². The normalized spacial score (nSPS) is 13.2. The maximum Gasteiger partial charge on any atom is 0.253 e. The van der Waals surface area contributed by atoms with Crippen molar-refractivity contribution in [3.8, 4) is 0 Å². The van der Waals surface area contributed by atoms with Crippen LogP contribution in [0.2, 0.25) is 10.0 Å². The van der Waals surface area contributed by atoms with E-state index in [2.05, 4.69) is 5.32 Å². The van der Waals surface area contributed by atoms with Crippen LogP contribution in [0, 0.1) is 0 Å². The molecule has 0 aliphatic carbocycles. The summed E-state index contributed by atoms with van der Waals surface area (Å²) in [4.78, 5) is 25.7. The molecule has 0 radical (unpaired) electrons. The van der Waals surface area contributed by atoms with Crippen LogP contribution < -0.4 is 5.32 Å². The van der Waals surface area contributed by atoms with E-state index in [1.807, 2.05) is 12.1 Å². The van der Waals surface area contributed by atoms with Gasteiger partial charge in [-0.1, -0.05) is 29.3 Å². The van der Waals surface area contributed by atoms with E-state index < -0.39 is 0 Å². The second-order valence-electron chi connectivity index (χ2n) is 5.83. The van der Waals surface area contributed by atoms with Crippen LogP contribution in [0.3, 0.4) is 0 Å². The van der Waals surface area contributed by atoms with Gasteiger partial charge in [-0.15, -0.1) is 0 Å². The lowest BCUT2D eigenvalue weighted by atomic mass is 10.00. The van der Waals surface area contributed by atoms with E-state index in [0.29, 0.717) is 35.0 Å². The van der Waals surface area contributed by atoms with Crippen LogP contribution in [0.15, 0.2) is 36.4 Å². The van der Waals surface area contributed by atoms with Gasteiger partial charge < -0.3 is 10.2 Å². The number of aryl methyl sites for hydroxylation is 1. The standard InChI is InChI=1S/C18H16Cl2N2O2/c1-22(10-11-2-5-14(19)15(20)8-11)18(24)13-3-6-16-12(9-13)4-7-17(23)21-16/h2-3,5-6,8-9H,4,7,10H2,1H3,(H,21,23). The Kier molecular flexibility index (Phi) is 4.78. The summed E-state index contributed by atoms with van der Waals surface area (Å²) in [7, 11) is 1.74. The van der Waals surface area contributed by atoms with E-state index in [9.17, 15) is 9.59 Å². The summed E-state index contributed by atoms with van der Waals surface area (Å²) in [5, 5.41) is 3.78. The summed E-state index contributed by atoms with van der Waals surface area (Å²) in [6.45, 7) is 0.434. The summed E-state index contributed by atoms with van der Waals surface area (Å²) in [6.07, 6.45) is 1.10. The fourth-order valence-corrected chi connectivity index (χ4v) is 3.04. The van der Waals surface area contributed by atoms with Crippen molar-refractivity contribution in [2.75, 3.05) is 12.4 Å². The summed E-state index contributed by atoms with van der Waals surface area (Å²) in [5.41, 5.74) is 3.29. The molecule has 1 aliphatic heterocycles. The predicted octanol–water partition coefficient (Wildman–Crippen LogP) is 4.15. The van der Waals surface area contributed by atoms with E-state index in [0.717, 1.165) is 16.8 Å². The van der Waals surface area contributed by atoms with Crippen molar-refractivity contribution in [2.24, 2.45) is 0 Å². The van der Waals surface area contributed by atoms with Crippen molar-refractivity contribution in [1.29, 1.82) is 0 Å². The van der Waals surface area contributed by atoms with Gasteiger partial charge in [0.05, 0.1) is 10.0 Å². The lowest BCUT2D eigenvalue weighted by molar-refractivity contribution is -0.116. The fourth-order valence-electron chi connectivity index (χ4n) is 2.72. The van der Waals surface area contributed by atoms with Crippen LogP contribution >= 0.6 is 23.2 Å². The number of amides is 2. The van der Waals surface area contributed by atoms with E-state index in [1.165, 1.54) is 0 Å². The molecule has 1 N–H and O–H groups in total. The SMILES string of the molecule is CN(Cc1ccc(Cl)c(Cl)c1)C(=O)c1ccc2c(c1)CCC(=O)N2. The first-order chi connectivity index (χ1) is 11.4. The number of halogens is 2. The van der Waals surface area contributed by atoms with Crippen LogP contribution in [-0.4, -0.2) is 23.8 Å². The summed E-state index contributed by atoms with van der Waals surface area (Å²) in [6, 6.07) is 10.7. The Morgan fingerprint density at radius 2 is 1.92 bits per heavy atom. The second-order valence-corrected chi connectivity index (χ2v) is 6.64. The Morgan fingerprint density at radius 1 is 1.12 bits per heavy atom. The third-order valence-electron chi connectivity index (χ3n) is 4.00. The molecular weight excluding hydrogens is 347 g/mol. The topological polar surface area (TPSA) is 49.4 Å². The average Bonchev–Trinajstić information content (AvgIpc) is 2.57. The first-order valence-corrected chi connectivity index (χ1v) is 8.32. The number of hydrogen-bond donors (Lipinski definition) is 1. The minimum atomic E-state index is -0.0826. The summed E-state index contributed by atoms with van der Waals surface area (Å²) < 4.78 is 0. The first-order valence-electron chi connectivity index (χ1n) is 7.56. The van der Waals surface area contributed by atoms with Crippen LogP contribution in [0.1, 0.15) is 27.9 Å². The highest BCUT2D eigenvalue weighted by atomic mass is 35.5. The maximum absolute atomic E-state index is 12.6. The number of nitrogens with one attached hydrogen (secondary N) is 1. The van der Waals surface area contributed by atoms with Crippen molar-refractivity contribution in [2.45, 2.75) is 19.4 Å². The molecule has 0 unspecified atom stereocenters. The number of benzene rings is 2. The molecule has 4 nitrogen and oxygen atoms in total. The Labute approximate surface area is 150 Å². The van der Waals surface area contributed by atoms with Crippen LogP contribution in [0.5, 0.6) is 0 Å². The van der Waals surface area contributed by atoms with E-state index in [-0.39, 0.29) is 11.8 Å². The molecular formula is C18H16Cl2N2O2. The number of anilines is 1. The highest BCUT2D eigenvalue weighted by molar-refractivity contribution is 6.42. The van der Waals surface area contributed by atoms with Gasteiger partial charge in [0.2, 0.25) is 5.91 Å². The van der Waals surface area contributed by atoms with Gasteiger partial charge in [-0.25, -0.2) is 0 Å². The van der Waals surface area contributed by atoms with E-state index >= 15 is 0 Å². The van der Waals surface area contributed by atoms with Gasteiger partial charge in [-0.2, -0.15) is 0 Å². The molecule has 0 fully saturated rings. The first kappa shape index (κ1) is 16.8. The number of carbonyl (C=O) groups excluding carboxylic acids is 2. The van der Waals surface area contributed by atoms with Crippen LogP contribution in [-0.2, 0) is 17.8 Å². The molecule has 124 valence electrons. The van der Waals surface area contributed by atoms with Crippen molar-refractivity contribution in [1.82, 2.24) is 4.90 Å². The van der Waals surface area contributed by atoms with Gasteiger partial charge in [0.25, 0.3) is 5.91 Å². The van der Waals surface area contributed by atoms with Gasteiger partial charge in [-0.05, 0) is 47.9 Å². The summed E-state index contributed by atoms with van der Waals surface area (Å²) >= 11 is 11.9. The highest BCUT2D eigenvalue weighted by Gasteiger charge is 2.18. The smallest absolute Gasteiger partial charge is 0.253 e. The number of hydrogen-bond acceptors (Lipinski definition) is 2. The van der Waals surface area contributed by atoms with E-state index in [1.54, 1.807) is 36.2 Å². The Balaban J connectivity index is 1.76. The number of fused-ring (bicyclic) bond motifs is 1. The van der Waals surface area contributed by atoms with Crippen molar-refractivity contribution < 1.29 is 9.59 Å². The van der Waals surface area contributed by atoms with Crippen molar-refractivity contribution >= 4 is 40.7 Å². The molecule has 24 heavy (non-hydrogen) atoms. The molecule has 1 aliphatic rings. The Bertz CT molecular complexity index is 821. The minimum absolute atomic E-state index is 0.0123. The molecule has 0 atom stereocenters. The number of nitrogens with zero attached hydrogens (tertiary/aromatic N) is 1. The zero-order valence-electron chi connectivity index (χ0n) is 13.1. The average molecular weight is 363 g/mol. The quantitative estimate of drug-likeness (QED) is 0.891. The molecule has 0 spiro atoms. The third-order valence-corrected chi connectivity index (χ3v) is 4.74. The molecule has 6 heteroatoms. The maximum atomic E-state index is 12.6. The van der Waals surface area contributed by atoms with Gasteiger partial charge in [0, 0.05) is 31.3 Å². The van der Waals surface area contributed by atoms with Crippen LogP contribution in [0.25, 0.3) is 0 Å². The molecule has 0 bridgehead atoms. The zero-order chi connectivity index (χ0) is 17.3. The largest absolute Gasteiger partial charge is 0.337 e. The van der Waals surface area contributed by atoms with Gasteiger partial charge in [0.1, 0.15) is 0 Å². The zero-order valence-corrected chi connectivity index (χ0v) is 14.6. The number of carbonyl (C=O) groups is 2. The lowest BCUT2D eigenvalue weighted by Crippen LogP contribution is -2.27. The molecule has 2 aromatic rings. The van der Waals surface area contributed by atoms with Gasteiger partial charge in [0.15, 0.2) is 0 Å². The highest BCUT2D eigenvalue weighted by Crippen LogP contribution is 2.25. The molecule has 0 aromatic heterocycles. The molecule has 0 saturated carbocycles. The van der Waals surface area contributed by atoms with Crippen molar-refractivity contribution in [3.63, 3.8) is 0 Å². The minimum Gasteiger partial charge on any atom is -0.337 e. The van der Waals surface area contributed by atoms with Crippen LogP contribution in [0.4, 0.5) is 5.69 Å². The third kappa shape index (κ3) is 3.55. The Hall–Kier alpha value is -2.04. The lowest BCUT2D eigenvalue weighted by Gasteiger charge is -2.20. The molecule has 3 rings (SSSR count). The molecule has 2 amide bonds. The molecule has 0 saturated heterocycles. The molecule has 1 heterocycles. The number of rotatable bonds is 3. The predicted molar refractivity (Wildman–Crippen MR) is 95.7 cm³/mol. The van der Waals surface area contributed by atoms with E-state index in [4.69, 9.17) is 23.2 Å². The van der Waals surface area contributed by atoms with Gasteiger partial charge >= 0.3 is 0 Å².